The van der Waals surface area contributed by atoms with Gasteiger partial charge in [0.25, 0.3) is 10.0 Å². The van der Waals surface area contributed by atoms with Crippen molar-refractivity contribution in [2.75, 3.05) is 13.1 Å². The van der Waals surface area contributed by atoms with E-state index in [2.05, 4.69) is 21.8 Å². The zero-order chi connectivity index (χ0) is 21.3. The fraction of sp³-hybridized carbons (Fsp3) is 0.429. The second-order valence-electron chi connectivity index (χ2n) is 7.44. The lowest BCUT2D eigenvalue weighted by molar-refractivity contribution is -0.124. The Hall–Kier alpha value is -2.23. The molecule has 4 rings (SSSR count). The lowest BCUT2D eigenvalue weighted by atomic mass is 10.2. The molecule has 3 heterocycles. The van der Waals surface area contributed by atoms with Crippen LogP contribution in [0.1, 0.15) is 30.5 Å². The van der Waals surface area contributed by atoms with E-state index in [1.807, 2.05) is 31.2 Å². The van der Waals surface area contributed by atoms with Crippen molar-refractivity contribution >= 4 is 38.3 Å². The summed E-state index contributed by atoms with van der Waals surface area (Å²) in [5, 5.41) is 2.93. The SMILES string of the molecule is CCn1c(CCNC(=O)C2CCCN2S(=O)(=O)c2ccc(C)s2)nc2ccccc21. The van der Waals surface area contributed by atoms with Gasteiger partial charge in [-0.05, 0) is 51.0 Å². The highest BCUT2D eigenvalue weighted by Gasteiger charge is 2.39. The summed E-state index contributed by atoms with van der Waals surface area (Å²) in [4.78, 5) is 18.4. The number of amides is 1. The molecule has 7 nitrogen and oxygen atoms in total. The molecule has 1 amide bonds. The predicted octanol–water partition coefficient (Wildman–Crippen LogP) is 2.94. The van der Waals surface area contributed by atoms with E-state index in [4.69, 9.17) is 0 Å². The molecule has 0 aliphatic carbocycles. The van der Waals surface area contributed by atoms with Gasteiger partial charge in [-0.15, -0.1) is 11.3 Å². The van der Waals surface area contributed by atoms with Gasteiger partial charge in [-0.3, -0.25) is 4.79 Å². The molecule has 0 bridgehead atoms. The van der Waals surface area contributed by atoms with Crippen molar-refractivity contribution in [1.29, 1.82) is 0 Å². The van der Waals surface area contributed by atoms with Crippen LogP contribution in [0, 0.1) is 6.92 Å². The summed E-state index contributed by atoms with van der Waals surface area (Å²) in [6.45, 7) is 5.55. The highest BCUT2D eigenvalue weighted by Crippen LogP contribution is 2.30. The molecule has 30 heavy (non-hydrogen) atoms. The highest BCUT2D eigenvalue weighted by molar-refractivity contribution is 7.91. The van der Waals surface area contributed by atoms with E-state index in [-0.39, 0.29) is 5.91 Å². The van der Waals surface area contributed by atoms with E-state index < -0.39 is 16.1 Å². The Kier molecular flexibility index (Phi) is 5.95. The number of rotatable bonds is 7. The lowest BCUT2D eigenvalue weighted by Gasteiger charge is -2.22. The summed E-state index contributed by atoms with van der Waals surface area (Å²) in [6, 6.07) is 10.7. The number of para-hydroxylation sites is 2. The van der Waals surface area contributed by atoms with Crippen LogP contribution in [0.3, 0.4) is 0 Å². The molecule has 9 heteroatoms. The quantitative estimate of drug-likeness (QED) is 0.605. The Bertz CT molecular complexity index is 1170. The normalized spacial score (nSPS) is 17.6. The van der Waals surface area contributed by atoms with Crippen LogP contribution in [0.15, 0.2) is 40.6 Å². The molecule has 1 saturated heterocycles. The van der Waals surface area contributed by atoms with Gasteiger partial charge in [0.15, 0.2) is 0 Å². The fourth-order valence-corrected chi connectivity index (χ4v) is 7.11. The summed E-state index contributed by atoms with van der Waals surface area (Å²) >= 11 is 1.24. The third-order valence-electron chi connectivity index (χ3n) is 5.48. The number of nitrogens with zero attached hydrogens (tertiary/aromatic N) is 3. The Morgan fingerprint density at radius 2 is 2.07 bits per heavy atom. The number of sulfonamides is 1. The number of benzene rings is 1. The monoisotopic (exact) mass is 446 g/mol. The number of hydrogen-bond donors (Lipinski definition) is 1. The van der Waals surface area contributed by atoms with Crippen LogP contribution in [0.2, 0.25) is 0 Å². The molecular formula is C21H26N4O3S2. The number of carbonyl (C=O) groups excluding carboxylic acids is 1. The summed E-state index contributed by atoms with van der Waals surface area (Å²) in [5.41, 5.74) is 2.03. The summed E-state index contributed by atoms with van der Waals surface area (Å²) in [7, 11) is -3.64. The van der Waals surface area contributed by atoms with Gasteiger partial charge >= 0.3 is 0 Å². The maximum absolute atomic E-state index is 13.0. The molecule has 0 spiro atoms. The van der Waals surface area contributed by atoms with Gasteiger partial charge in [0.1, 0.15) is 16.1 Å². The molecule has 160 valence electrons. The number of aromatic nitrogens is 2. The average molecular weight is 447 g/mol. The number of aryl methyl sites for hydroxylation is 2. The molecular weight excluding hydrogens is 420 g/mol. The van der Waals surface area contributed by atoms with E-state index in [1.54, 1.807) is 12.1 Å². The van der Waals surface area contributed by atoms with Gasteiger partial charge in [-0.25, -0.2) is 13.4 Å². The third kappa shape index (κ3) is 3.89. The largest absolute Gasteiger partial charge is 0.354 e. The van der Waals surface area contributed by atoms with E-state index in [0.717, 1.165) is 28.3 Å². The molecule has 3 aromatic rings. The van der Waals surface area contributed by atoms with Crippen LogP contribution in [-0.2, 0) is 27.8 Å². The first-order valence-electron chi connectivity index (χ1n) is 10.2. The molecule has 1 aliphatic heterocycles. The van der Waals surface area contributed by atoms with Crippen molar-refractivity contribution in [1.82, 2.24) is 19.2 Å². The summed E-state index contributed by atoms with van der Waals surface area (Å²) in [6.07, 6.45) is 1.83. The molecule has 1 N–H and O–H groups in total. The number of nitrogens with one attached hydrogen (secondary N) is 1. The van der Waals surface area contributed by atoms with Gasteiger partial charge < -0.3 is 9.88 Å². The van der Waals surface area contributed by atoms with Crippen molar-refractivity contribution in [3.8, 4) is 0 Å². The van der Waals surface area contributed by atoms with Crippen molar-refractivity contribution in [2.45, 2.75) is 49.9 Å². The molecule has 1 atom stereocenters. The molecule has 0 radical (unpaired) electrons. The van der Waals surface area contributed by atoms with Crippen LogP contribution in [0.5, 0.6) is 0 Å². The average Bonchev–Trinajstić information content (AvgIpc) is 3.45. The Balaban J connectivity index is 1.43. The van der Waals surface area contributed by atoms with Crippen LogP contribution in [-0.4, -0.2) is 47.3 Å². The van der Waals surface area contributed by atoms with E-state index in [1.165, 1.54) is 15.6 Å². The van der Waals surface area contributed by atoms with E-state index in [0.29, 0.717) is 36.6 Å². The molecule has 1 aromatic carbocycles. The summed E-state index contributed by atoms with van der Waals surface area (Å²) in [5.74, 6) is 0.687. The predicted molar refractivity (Wildman–Crippen MR) is 118 cm³/mol. The van der Waals surface area contributed by atoms with Crippen molar-refractivity contribution < 1.29 is 13.2 Å². The van der Waals surface area contributed by atoms with Gasteiger partial charge in [-0.2, -0.15) is 4.31 Å². The standard InChI is InChI=1S/C21H26N4O3S2/c1-3-24-17-8-5-4-7-16(17)23-19(24)12-13-22-21(26)18-9-6-14-25(18)30(27,28)20-11-10-15(2)29-20/h4-5,7-8,10-11,18H,3,6,9,12-14H2,1-2H3,(H,22,26). The highest BCUT2D eigenvalue weighted by atomic mass is 32.2. The van der Waals surface area contributed by atoms with Crippen LogP contribution in [0.4, 0.5) is 0 Å². The minimum Gasteiger partial charge on any atom is -0.354 e. The zero-order valence-electron chi connectivity index (χ0n) is 17.2. The summed E-state index contributed by atoms with van der Waals surface area (Å²) < 4.78 is 29.8. The van der Waals surface area contributed by atoms with Gasteiger partial charge in [0.05, 0.1) is 11.0 Å². The van der Waals surface area contributed by atoms with E-state index in [9.17, 15) is 13.2 Å². The second-order valence-corrected chi connectivity index (χ2v) is 10.8. The number of imidazole rings is 1. The van der Waals surface area contributed by atoms with Crippen molar-refractivity contribution in [3.63, 3.8) is 0 Å². The fourth-order valence-electron chi connectivity index (χ4n) is 4.04. The minimum atomic E-state index is -3.64. The van der Waals surface area contributed by atoms with Crippen LogP contribution in [0.25, 0.3) is 11.0 Å². The van der Waals surface area contributed by atoms with Crippen LogP contribution < -0.4 is 5.32 Å². The molecule has 2 aromatic heterocycles. The first-order chi connectivity index (χ1) is 14.4. The van der Waals surface area contributed by atoms with Crippen molar-refractivity contribution in [3.05, 3.63) is 47.1 Å². The topological polar surface area (TPSA) is 84.3 Å². The van der Waals surface area contributed by atoms with Crippen LogP contribution >= 0.6 is 11.3 Å². The zero-order valence-corrected chi connectivity index (χ0v) is 18.8. The maximum atomic E-state index is 13.0. The second kappa shape index (κ2) is 8.49. The smallest absolute Gasteiger partial charge is 0.253 e. The number of carbonyl (C=O) groups is 1. The van der Waals surface area contributed by atoms with Gasteiger partial charge in [0.2, 0.25) is 5.91 Å². The maximum Gasteiger partial charge on any atom is 0.253 e. The number of fused-ring (bicyclic) bond motifs is 1. The Labute approximate surface area is 180 Å². The number of thiophene rings is 1. The van der Waals surface area contributed by atoms with E-state index >= 15 is 0 Å². The molecule has 1 aliphatic rings. The first kappa shape index (κ1) is 21.0. The molecule has 1 fully saturated rings. The molecule has 1 unspecified atom stereocenters. The number of hydrogen-bond acceptors (Lipinski definition) is 5. The third-order valence-corrected chi connectivity index (χ3v) is 8.86. The van der Waals surface area contributed by atoms with Crippen molar-refractivity contribution in [2.24, 2.45) is 0 Å². The first-order valence-corrected chi connectivity index (χ1v) is 12.5. The molecule has 0 saturated carbocycles. The lowest BCUT2D eigenvalue weighted by Crippen LogP contribution is -2.46. The Morgan fingerprint density at radius 1 is 1.27 bits per heavy atom. The van der Waals surface area contributed by atoms with Gasteiger partial charge in [0, 0.05) is 30.9 Å². The Morgan fingerprint density at radius 3 is 2.80 bits per heavy atom. The van der Waals surface area contributed by atoms with Gasteiger partial charge in [-0.1, -0.05) is 12.1 Å². The minimum absolute atomic E-state index is 0.233.